The van der Waals surface area contributed by atoms with Crippen molar-refractivity contribution < 1.29 is 17.9 Å². The average molecular weight is 381 g/mol. The summed E-state index contributed by atoms with van der Waals surface area (Å²) in [6.07, 6.45) is -2.25. The van der Waals surface area contributed by atoms with Gasteiger partial charge in [-0.15, -0.1) is 0 Å². The number of methoxy groups -OCH3 is 1. The molecule has 0 saturated heterocycles. The van der Waals surface area contributed by atoms with Gasteiger partial charge in [-0.05, 0) is 32.3 Å². The Morgan fingerprint density at radius 2 is 1.78 bits per heavy atom. The van der Waals surface area contributed by atoms with Gasteiger partial charge in [-0.1, -0.05) is 38.5 Å². The Hall–Kier alpha value is -2.31. The molecule has 1 aromatic heterocycles. The highest BCUT2D eigenvalue weighted by atomic mass is 19.4. The van der Waals surface area contributed by atoms with Crippen molar-refractivity contribution in [2.24, 2.45) is 0 Å². The Morgan fingerprint density at radius 3 is 2.30 bits per heavy atom. The molecule has 0 fully saturated rings. The maximum atomic E-state index is 13.6. The number of nitrogens with one attached hydrogen (secondary N) is 1. The SMILES string of the molecule is CCc1nc(NC(CC)CC)c(OC)nc1-c1ccc(C)cc1C(F)(F)F. The van der Waals surface area contributed by atoms with E-state index < -0.39 is 11.7 Å². The first-order chi connectivity index (χ1) is 12.7. The number of hydrogen-bond acceptors (Lipinski definition) is 4. The average Bonchev–Trinajstić information content (AvgIpc) is 2.64. The number of anilines is 1. The highest BCUT2D eigenvalue weighted by Gasteiger charge is 2.35. The minimum atomic E-state index is -4.48. The summed E-state index contributed by atoms with van der Waals surface area (Å²) in [7, 11) is 1.44. The number of rotatable bonds is 7. The fraction of sp³-hybridized carbons (Fsp3) is 0.500. The second-order valence-corrected chi connectivity index (χ2v) is 6.43. The van der Waals surface area contributed by atoms with Crippen LogP contribution in [0.3, 0.4) is 0 Å². The molecule has 1 heterocycles. The minimum Gasteiger partial charge on any atom is -0.478 e. The zero-order valence-corrected chi connectivity index (χ0v) is 16.4. The molecule has 2 rings (SSSR count). The molecule has 0 aliphatic rings. The van der Waals surface area contributed by atoms with E-state index in [1.54, 1.807) is 13.0 Å². The number of benzene rings is 1. The van der Waals surface area contributed by atoms with E-state index in [0.717, 1.165) is 18.9 Å². The molecule has 0 radical (unpaired) electrons. The standard InChI is InChI=1S/C20H26F3N3O/c1-6-13(7-2)24-18-19(27-5)26-17(16(8-3)25-18)14-10-9-12(4)11-15(14)20(21,22)23/h9-11,13H,6-8H2,1-5H3,(H,24,25). The Labute approximate surface area is 158 Å². The van der Waals surface area contributed by atoms with Crippen molar-refractivity contribution in [2.45, 2.75) is 59.2 Å². The van der Waals surface area contributed by atoms with Crippen LogP contribution in [0.25, 0.3) is 11.3 Å². The molecule has 0 unspecified atom stereocenters. The van der Waals surface area contributed by atoms with Crippen LogP contribution in [-0.4, -0.2) is 23.1 Å². The number of alkyl halides is 3. The third-order valence-electron chi connectivity index (χ3n) is 4.53. The Morgan fingerprint density at radius 1 is 1.11 bits per heavy atom. The van der Waals surface area contributed by atoms with Crippen molar-refractivity contribution in [1.29, 1.82) is 0 Å². The Bertz CT molecular complexity index is 787. The fourth-order valence-corrected chi connectivity index (χ4v) is 2.94. The summed E-state index contributed by atoms with van der Waals surface area (Å²) in [5.41, 5.74) is 0.547. The normalized spacial score (nSPS) is 11.7. The second kappa shape index (κ2) is 8.59. The van der Waals surface area contributed by atoms with Crippen molar-refractivity contribution in [3.63, 3.8) is 0 Å². The maximum Gasteiger partial charge on any atom is 0.417 e. The molecule has 148 valence electrons. The molecule has 1 aromatic carbocycles. The zero-order chi connectivity index (χ0) is 20.2. The van der Waals surface area contributed by atoms with Gasteiger partial charge in [0, 0.05) is 11.6 Å². The molecule has 0 spiro atoms. The quantitative estimate of drug-likeness (QED) is 0.674. The van der Waals surface area contributed by atoms with E-state index in [1.807, 2.05) is 6.92 Å². The lowest BCUT2D eigenvalue weighted by molar-refractivity contribution is -0.137. The third-order valence-corrected chi connectivity index (χ3v) is 4.53. The van der Waals surface area contributed by atoms with Gasteiger partial charge >= 0.3 is 6.18 Å². The highest BCUT2D eigenvalue weighted by molar-refractivity contribution is 5.69. The van der Waals surface area contributed by atoms with Crippen molar-refractivity contribution in [3.05, 3.63) is 35.0 Å². The van der Waals surface area contributed by atoms with Gasteiger partial charge in [0.2, 0.25) is 0 Å². The number of aryl methyl sites for hydroxylation is 2. The van der Waals surface area contributed by atoms with E-state index in [-0.39, 0.29) is 23.2 Å². The summed E-state index contributed by atoms with van der Waals surface area (Å²) in [5.74, 6) is 0.662. The van der Waals surface area contributed by atoms with E-state index in [1.165, 1.54) is 13.2 Å². The van der Waals surface area contributed by atoms with E-state index in [9.17, 15) is 13.2 Å². The summed E-state index contributed by atoms with van der Waals surface area (Å²) in [6.45, 7) is 7.59. The molecule has 7 heteroatoms. The zero-order valence-electron chi connectivity index (χ0n) is 16.4. The van der Waals surface area contributed by atoms with Crippen molar-refractivity contribution in [3.8, 4) is 17.1 Å². The van der Waals surface area contributed by atoms with Crippen molar-refractivity contribution in [1.82, 2.24) is 9.97 Å². The van der Waals surface area contributed by atoms with Crippen LogP contribution in [0.5, 0.6) is 5.88 Å². The van der Waals surface area contributed by atoms with Crippen LogP contribution < -0.4 is 10.1 Å². The van der Waals surface area contributed by atoms with Crippen LogP contribution in [0.4, 0.5) is 19.0 Å². The summed E-state index contributed by atoms with van der Waals surface area (Å²) in [4.78, 5) is 8.96. The molecular weight excluding hydrogens is 355 g/mol. The lowest BCUT2D eigenvalue weighted by Crippen LogP contribution is -2.20. The molecule has 0 aliphatic heterocycles. The third kappa shape index (κ3) is 4.70. The van der Waals surface area contributed by atoms with Gasteiger partial charge in [-0.2, -0.15) is 13.2 Å². The fourth-order valence-electron chi connectivity index (χ4n) is 2.94. The van der Waals surface area contributed by atoms with Gasteiger partial charge in [-0.25, -0.2) is 9.97 Å². The van der Waals surface area contributed by atoms with Crippen LogP contribution in [-0.2, 0) is 12.6 Å². The predicted molar refractivity (Wildman–Crippen MR) is 101 cm³/mol. The molecule has 0 atom stereocenters. The summed E-state index contributed by atoms with van der Waals surface area (Å²) in [6, 6.07) is 4.43. The molecule has 0 bridgehead atoms. The van der Waals surface area contributed by atoms with Crippen molar-refractivity contribution in [2.75, 3.05) is 12.4 Å². The maximum absolute atomic E-state index is 13.6. The van der Waals surface area contributed by atoms with Gasteiger partial charge in [0.1, 0.15) is 0 Å². The van der Waals surface area contributed by atoms with E-state index in [4.69, 9.17) is 4.74 Å². The number of hydrogen-bond donors (Lipinski definition) is 1. The van der Waals surface area contributed by atoms with Crippen LogP contribution in [0.2, 0.25) is 0 Å². The van der Waals surface area contributed by atoms with Crippen LogP contribution >= 0.6 is 0 Å². The summed E-state index contributed by atoms with van der Waals surface area (Å²) >= 11 is 0. The Kier molecular flexibility index (Phi) is 6.68. The van der Waals surface area contributed by atoms with Gasteiger partial charge in [0.25, 0.3) is 5.88 Å². The Balaban J connectivity index is 2.65. The predicted octanol–water partition coefficient (Wildman–Crippen LogP) is 5.64. The van der Waals surface area contributed by atoms with Crippen LogP contribution in [0, 0.1) is 6.92 Å². The first-order valence-electron chi connectivity index (χ1n) is 9.14. The summed E-state index contributed by atoms with van der Waals surface area (Å²) in [5, 5.41) is 3.28. The molecule has 2 aromatic rings. The largest absolute Gasteiger partial charge is 0.478 e. The molecule has 4 nitrogen and oxygen atoms in total. The van der Waals surface area contributed by atoms with E-state index in [0.29, 0.717) is 23.5 Å². The molecule has 27 heavy (non-hydrogen) atoms. The highest BCUT2D eigenvalue weighted by Crippen LogP contribution is 2.39. The van der Waals surface area contributed by atoms with Crippen LogP contribution in [0.15, 0.2) is 18.2 Å². The van der Waals surface area contributed by atoms with Gasteiger partial charge in [0.15, 0.2) is 5.82 Å². The number of nitrogens with zero attached hydrogens (tertiary/aromatic N) is 2. The molecule has 0 amide bonds. The molecule has 0 saturated carbocycles. The lowest BCUT2D eigenvalue weighted by Gasteiger charge is -2.20. The number of aromatic nitrogens is 2. The van der Waals surface area contributed by atoms with Gasteiger partial charge in [0.05, 0.1) is 24.1 Å². The van der Waals surface area contributed by atoms with Crippen LogP contribution in [0.1, 0.15) is 50.4 Å². The van der Waals surface area contributed by atoms with Crippen molar-refractivity contribution >= 4 is 5.82 Å². The minimum absolute atomic E-state index is 0.0184. The first kappa shape index (κ1) is 21.0. The number of halogens is 3. The molecule has 1 N–H and O–H groups in total. The molecule has 0 aliphatic carbocycles. The lowest BCUT2D eigenvalue weighted by atomic mass is 9.99. The van der Waals surface area contributed by atoms with Gasteiger partial charge < -0.3 is 10.1 Å². The first-order valence-corrected chi connectivity index (χ1v) is 9.14. The van der Waals surface area contributed by atoms with E-state index in [2.05, 4.69) is 29.1 Å². The number of ether oxygens (including phenoxy) is 1. The molecular formula is C20H26F3N3O. The topological polar surface area (TPSA) is 47.0 Å². The summed E-state index contributed by atoms with van der Waals surface area (Å²) < 4.78 is 46.1. The second-order valence-electron chi connectivity index (χ2n) is 6.43. The monoisotopic (exact) mass is 381 g/mol. The van der Waals surface area contributed by atoms with Gasteiger partial charge in [-0.3, -0.25) is 0 Å². The van der Waals surface area contributed by atoms with E-state index >= 15 is 0 Å². The smallest absolute Gasteiger partial charge is 0.417 e.